The molecular formula is C20H33NO2. The summed E-state index contributed by atoms with van der Waals surface area (Å²) in [5.74, 6) is 1.26. The van der Waals surface area contributed by atoms with Crippen molar-refractivity contribution in [3.8, 4) is 5.75 Å². The number of ether oxygens (including phenoxy) is 1. The summed E-state index contributed by atoms with van der Waals surface area (Å²) in [6.07, 6.45) is 3.56. The Bertz CT molecular complexity index is 521. The summed E-state index contributed by atoms with van der Waals surface area (Å²) in [6, 6.07) is 2.50. The third kappa shape index (κ3) is 3.89. The zero-order valence-electron chi connectivity index (χ0n) is 15.5. The maximum absolute atomic E-state index is 9.80. The van der Waals surface area contributed by atoms with Gasteiger partial charge >= 0.3 is 0 Å². The molecule has 2 rings (SSSR count). The molecule has 1 saturated heterocycles. The van der Waals surface area contributed by atoms with Gasteiger partial charge in [-0.25, -0.2) is 0 Å². The number of hydrogen-bond acceptors (Lipinski definition) is 3. The molecule has 0 aliphatic carbocycles. The van der Waals surface area contributed by atoms with Crippen LogP contribution in [0.15, 0.2) is 6.07 Å². The zero-order chi connectivity index (χ0) is 17.0. The lowest BCUT2D eigenvalue weighted by molar-refractivity contribution is 0.125. The summed E-state index contributed by atoms with van der Waals surface area (Å²) in [4.78, 5) is 2.56. The largest absolute Gasteiger partial charge is 0.493 e. The van der Waals surface area contributed by atoms with E-state index in [2.05, 4.69) is 45.6 Å². The van der Waals surface area contributed by atoms with Crippen molar-refractivity contribution in [1.82, 2.24) is 4.90 Å². The van der Waals surface area contributed by atoms with Crippen LogP contribution >= 0.6 is 0 Å². The number of aliphatic hydroxyl groups is 1. The lowest BCUT2D eigenvalue weighted by atomic mass is 9.85. The Morgan fingerprint density at radius 1 is 1.17 bits per heavy atom. The van der Waals surface area contributed by atoms with Crippen molar-refractivity contribution in [2.45, 2.75) is 59.9 Å². The summed E-state index contributed by atoms with van der Waals surface area (Å²) in [7, 11) is 0. The molecule has 1 fully saturated rings. The van der Waals surface area contributed by atoms with Crippen LogP contribution in [0.5, 0.6) is 5.75 Å². The van der Waals surface area contributed by atoms with E-state index in [-0.39, 0.29) is 12.5 Å². The molecule has 2 atom stereocenters. The molecule has 1 heterocycles. The van der Waals surface area contributed by atoms with Crippen LogP contribution in [0.1, 0.15) is 61.4 Å². The average Bonchev–Trinajstić information content (AvgIpc) is 3.06. The topological polar surface area (TPSA) is 32.7 Å². The van der Waals surface area contributed by atoms with Gasteiger partial charge in [-0.15, -0.1) is 0 Å². The molecule has 1 aromatic carbocycles. The Morgan fingerprint density at radius 3 is 2.39 bits per heavy atom. The van der Waals surface area contributed by atoms with E-state index in [4.69, 9.17) is 4.74 Å². The molecule has 3 nitrogen and oxygen atoms in total. The van der Waals surface area contributed by atoms with Crippen molar-refractivity contribution in [2.75, 3.05) is 26.3 Å². The fraction of sp³-hybridized carbons (Fsp3) is 0.700. The molecule has 0 amide bonds. The van der Waals surface area contributed by atoms with Crippen LogP contribution in [0.25, 0.3) is 0 Å². The summed E-state index contributed by atoms with van der Waals surface area (Å²) < 4.78 is 5.93. The van der Waals surface area contributed by atoms with Gasteiger partial charge in [-0.05, 0) is 87.4 Å². The number of aryl methyl sites for hydroxylation is 1. The molecule has 2 unspecified atom stereocenters. The summed E-state index contributed by atoms with van der Waals surface area (Å²) in [5.41, 5.74) is 5.26. The fourth-order valence-corrected chi connectivity index (χ4v) is 3.83. The second-order valence-electron chi connectivity index (χ2n) is 7.05. The van der Waals surface area contributed by atoms with E-state index < -0.39 is 0 Å². The van der Waals surface area contributed by atoms with Crippen molar-refractivity contribution in [3.05, 3.63) is 28.3 Å². The molecule has 23 heavy (non-hydrogen) atoms. The first kappa shape index (κ1) is 18.3. The van der Waals surface area contributed by atoms with Crippen molar-refractivity contribution in [1.29, 1.82) is 0 Å². The van der Waals surface area contributed by atoms with Gasteiger partial charge in [0.1, 0.15) is 5.75 Å². The Kier molecular flexibility index (Phi) is 6.49. The molecule has 3 heteroatoms. The first-order chi connectivity index (χ1) is 11.0. The van der Waals surface area contributed by atoms with Crippen LogP contribution in [-0.2, 0) is 0 Å². The van der Waals surface area contributed by atoms with E-state index in [0.717, 1.165) is 31.9 Å². The summed E-state index contributed by atoms with van der Waals surface area (Å²) in [6.45, 7) is 14.1. The maximum atomic E-state index is 9.80. The quantitative estimate of drug-likeness (QED) is 0.819. The molecule has 0 aromatic heterocycles. The number of benzene rings is 1. The Balaban J connectivity index is 2.44. The zero-order valence-corrected chi connectivity index (χ0v) is 15.5. The van der Waals surface area contributed by atoms with Gasteiger partial charge in [-0.2, -0.15) is 0 Å². The highest BCUT2D eigenvalue weighted by molar-refractivity contribution is 5.49. The van der Waals surface area contributed by atoms with Gasteiger partial charge in [-0.1, -0.05) is 13.8 Å². The van der Waals surface area contributed by atoms with E-state index in [1.807, 2.05) is 0 Å². The molecule has 0 radical (unpaired) electrons. The minimum atomic E-state index is 0.229. The molecule has 0 bridgehead atoms. The lowest BCUT2D eigenvalue weighted by Crippen LogP contribution is -2.33. The van der Waals surface area contributed by atoms with Crippen molar-refractivity contribution in [2.24, 2.45) is 5.92 Å². The smallest absolute Gasteiger partial charge is 0.122 e. The molecule has 1 aliphatic rings. The number of hydrogen-bond donors (Lipinski definition) is 1. The van der Waals surface area contributed by atoms with Gasteiger partial charge < -0.3 is 9.84 Å². The number of aliphatic hydroxyl groups excluding tert-OH is 1. The lowest BCUT2D eigenvalue weighted by Gasteiger charge is -2.35. The Morgan fingerprint density at radius 2 is 1.83 bits per heavy atom. The van der Waals surface area contributed by atoms with Gasteiger partial charge in [0.2, 0.25) is 0 Å². The minimum Gasteiger partial charge on any atom is -0.493 e. The highest BCUT2D eigenvalue weighted by Gasteiger charge is 2.31. The molecule has 0 saturated carbocycles. The molecule has 1 aromatic rings. The van der Waals surface area contributed by atoms with Crippen molar-refractivity contribution in [3.63, 3.8) is 0 Å². The Labute approximate surface area is 141 Å². The van der Waals surface area contributed by atoms with Gasteiger partial charge in [0.15, 0.2) is 0 Å². The van der Waals surface area contributed by atoms with E-state index >= 15 is 0 Å². The minimum absolute atomic E-state index is 0.229. The van der Waals surface area contributed by atoms with Gasteiger partial charge in [-0.3, -0.25) is 4.90 Å². The normalized spacial score (nSPS) is 18.2. The molecule has 130 valence electrons. The van der Waals surface area contributed by atoms with E-state index in [9.17, 15) is 5.11 Å². The van der Waals surface area contributed by atoms with Crippen LogP contribution < -0.4 is 4.74 Å². The highest BCUT2D eigenvalue weighted by atomic mass is 16.5. The molecule has 1 N–H and O–H groups in total. The average molecular weight is 319 g/mol. The van der Waals surface area contributed by atoms with E-state index in [1.54, 1.807) is 0 Å². The number of likely N-dealkylation sites (tertiary alicyclic amines) is 1. The Hall–Kier alpha value is -1.06. The SMILES string of the molecule is CCCOc1cc(C)c(C(C(C)CO)N2CCCC2)c(C)c1C. The molecular weight excluding hydrogens is 286 g/mol. The predicted molar refractivity (Wildman–Crippen MR) is 96.2 cm³/mol. The van der Waals surface area contributed by atoms with E-state index in [0.29, 0.717) is 6.04 Å². The monoisotopic (exact) mass is 319 g/mol. The van der Waals surface area contributed by atoms with E-state index in [1.165, 1.54) is 35.1 Å². The standard InChI is InChI=1S/C20H33NO2/c1-6-11-23-18-12-14(2)19(17(5)16(18)4)20(15(3)13-22)21-9-7-8-10-21/h12,15,20,22H,6-11,13H2,1-5H3. The van der Waals surface area contributed by atoms with Gasteiger partial charge in [0, 0.05) is 12.6 Å². The third-order valence-corrected chi connectivity index (χ3v) is 5.23. The third-order valence-electron chi connectivity index (χ3n) is 5.23. The van der Waals surface area contributed by atoms with Crippen LogP contribution in [0.3, 0.4) is 0 Å². The van der Waals surface area contributed by atoms with Crippen LogP contribution in [0, 0.1) is 26.7 Å². The maximum Gasteiger partial charge on any atom is 0.122 e. The summed E-state index contributed by atoms with van der Waals surface area (Å²) in [5, 5.41) is 9.80. The number of nitrogens with zero attached hydrogens (tertiary/aromatic N) is 1. The van der Waals surface area contributed by atoms with Crippen molar-refractivity contribution < 1.29 is 9.84 Å². The first-order valence-corrected chi connectivity index (χ1v) is 9.09. The second kappa shape index (κ2) is 8.16. The number of rotatable bonds is 7. The fourth-order valence-electron chi connectivity index (χ4n) is 3.83. The first-order valence-electron chi connectivity index (χ1n) is 9.09. The van der Waals surface area contributed by atoms with Crippen LogP contribution in [0.2, 0.25) is 0 Å². The van der Waals surface area contributed by atoms with Crippen molar-refractivity contribution >= 4 is 0 Å². The molecule has 0 spiro atoms. The van der Waals surface area contributed by atoms with Gasteiger partial charge in [0.05, 0.1) is 6.61 Å². The summed E-state index contributed by atoms with van der Waals surface area (Å²) >= 11 is 0. The van der Waals surface area contributed by atoms with Gasteiger partial charge in [0.25, 0.3) is 0 Å². The second-order valence-corrected chi connectivity index (χ2v) is 7.05. The molecule has 1 aliphatic heterocycles. The predicted octanol–water partition coefficient (Wildman–Crippen LogP) is 4.17. The van der Waals surface area contributed by atoms with Crippen LogP contribution in [-0.4, -0.2) is 36.3 Å². The highest BCUT2D eigenvalue weighted by Crippen LogP contribution is 2.39. The van der Waals surface area contributed by atoms with Crippen LogP contribution in [0.4, 0.5) is 0 Å².